The number of hydrogen-bond donors (Lipinski definition) is 1. The van der Waals surface area contributed by atoms with E-state index in [1.807, 2.05) is 13.8 Å². The lowest BCUT2D eigenvalue weighted by molar-refractivity contribution is -0.143. The number of hydrogen-bond acceptors (Lipinski definition) is 3. The van der Waals surface area contributed by atoms with Crippen molar-refractivity contribution in [3.8, 4) is 0 Å². The first-order valence-electron chi connectivity index (χ1n) is 5.68. The molecule has 0 heterocycles. The molecule has 0 saturated heterocycles. The van der Waals surface area contributed by atoms with E-state index in [0.717, 1.165) is 0 Å². The third-order valence-corrected chi connectivity index (χ3v) is 2.72. The maximum absolute atomic E-state index is 13.5. The van der Waals surface area contributed by atoms with Gasteiger partial charge in [0, 0.05) is 11.6 Å². The van der Waals surface area contributed by atoms with Crippen molar-refractivity contribution in [1.29, 1.82) is 0 Å². The van der Waals surface area contributed by atoms with Gasteiger partial charge in [0.2, 0.25) is 0 Å². The van der Waals surface area contributed by atoms with Gasteiger partial charge in [-0.2, -0.15) is 0 Å². The second kappa shape index (κ2) is 6.35. The van der Waals surface area contributed by atoms with Crippen molar-refractivity contribution in [3.63, 3.8) is 0 Å². The first-order chi connectivity index (χ1) is 8.10. The molecule has 0 fully saturated rings. The summed E-state index contributed by atoms with van der Waals surface area (Å²) in [6, 6.07) is 5.89. The number of methoxy groups -OCH3 is 1. The van der Waals surface area contributed by atoms with Crippen molar-refractivity contribution >= 4 is 5.97 Å². The molecule has 94 valence electrons. The predicted octanol–water partition coefficient (Wildman–Crippen LogP) is 2.43. The largest absolute Gasteiger partial charge is 0.468 e. The topological polar surface area (TPSA) is 38.3 Å². The molecule has 0 aliphatic carbocycles. The fourth-order valence-corrected chi connectivity index (χ4v) is 1.71. The number of carbonyl (C=O) groups excluding carboxylic acids is 1. The lowest BCUT2D eigenvalue weighted by Gasteiger charge is -2.20. The summed E-state index contributed by atoms with van der Waals surface area (Å²) < 4.78 is 18.2. The minimum Gasteiger partial charge on any atom is -0.468 e. The van der Waals surface area contributed by atoms with Gasteiger partial charge in [-0.25, -0.2) is 4.39 Å². The van der Waals surface area contributed by atoms with Gasteiger partial charge in [0.15, 0.2) is 0 Å². The smallest absolute Gasteiger partial charge is 0.322 e. The minimum absolute atomic E-state index is 0.236. The van der Waals surface area contributed by atoms with E-state index in [9.17, 15) is 9.18 Å². The van der Waals surface area contributed by atoms with E-state index in [0.29, 0.717) is 12.0 Å². The van der Waals surface area contributed by atoms with Gasteiger partial charge in [-0.15, -0.1) is 0 Å². The Hall–Kier alpha value is -1.42. The molecule has 2 atom stereocenters. The van der Waals surface area contributed by atoms with Gasteiger partial charge in [-0.3, -0.25) is 10.1 Å². The molecular formula is C13H18FNO2. The Kier molecular flexibility index (Phi) is 5.10. The molecule has 1 aromatic rings. The molecule has 0 saturated carbocycles. The number of nitrogens with one attached hydrogen (secondary N) is 1. The molecule has 1 unspecified atom stereocenters. The lowest BCUT2D eigenvalue weighted by atomic mass is 10.1. The van der Waals surface area contributed by atoms with Crippen LogP contribution < -0.4 is 5.32 Å². The zero-order chi connectivity index (χ0) is 12.8. The molecule has 1 aromatic carbocycles. The number of halogens is 1. The highest BCUT2D eigenvalue weighted by molar-refractivity contribution is 5.75. The van der Waals surface area contributed by atoms with Crippen LogP contribution in [0, 0.1) is 5.82 Å². The van der Waals surface area contributed by atoms with E-state index in [-0.39, 0.29) is 17.8 Å². The highest BCUT2D eigenvalue weighted by Crippen LogP contribution is 2.17. The van der Waals surface area contributed by atoms with Crippen LogP contribution in [0.15, 0.2) is 24.3 Å². The van der Waals surface area contributed by atoms with E-state index < -0.39 is 6.04 Å². The molecule has 0 aliphatic rings. The molecule has 4 heteroatoms. The lowest BCUT2D eigenvalue weighted by Crippen LogP contribution is -2.38. The fourth-order valence-electron chi connectivity index (χ4n) is 1.71. The van der Waals surface area contributed by atoms with Crippen LogP contribution in [0.3, 0.4) is 0 Å². The van der Waals surface area contributed by atoms with Crippen molar-refractivity contribution in [2.75, 3.05) is 7.11 Å². The SMILES string of the molecule is CCC(N[C@H](C)c1ccccc1F)C(=O)OC. The van der Waals surface area contributed by atoms with Gasteiger partial charge in [-0.05, 0) is 19.4 Å². The maximum atomic E-state index is 13.5. The van der Waals surface area contributed by atoms with Gasteiger partial charge in [0.1, 0.15) is 11.9 Å². The van der Waals surface area contributed by atoms with Crippen LogP contribution in [0.1, 0.15) is 31.9 Å². The first kappa shape index (κ1) is 13.6. The highest BCUT2D eigenvalue weighted by atomic mass is 19.1. The summed E-state index contributed by atoms with van der Waals surface area (Å²) in [5, 5.41) is 3.06. The number of esters is 1. The molecule has 0 aliphatic heterocycles. The molecule has 0 aromatic heterocycles. The summed E-state index contributed by atoms with van der Waals surface area (Å²) in [4.78, 5) is 11.4. The molecule has 1 rings (SSSR count). The Morgan fingerprint density at radius 1 is 1.47 bits per heavy atom. The van der Waals surface area contributed by atoms with Crippen molar-refractivity contribution in [3.05, 3.63) is 35.6 Å². The number of ether oxygens (including phenoxy) is 1. The standard InChI is InChI=1S/C13H18FNO2/c1-4-12(13(16)17-3)15-9(2)10-7-5-6-8-11(10)14/h5-9,12,15H,4H2,1-3H3/t9-,12?/m1/s1. The first-order valence-corrected chi connectivity index (χ1v) is 5.68. The number of benzene rings is 1. The predicted molar refractivity (Wildman–Crippen MR) is 64.0 cm³/mol. The average Bonchev–Trinajstić information content (AvgIpc) is 2.35. The van der Waals surface area contributed by atoms with Gasteiger partial charge < -0.3 is 4.74 Å². The third kappa shape index (κ3) is 3.53. The van der Waals surface area contributed by atoms with E-state index in [1.165, 1.54) is 13.2 Å². The third-order valence-electron chi connectivity index (χ3n) is 2.72. The Balaban J connectivity index is 2.74. The molecule has 1 N–H and O–H groups in total. The second-order valence-electron chi connectivity index (χ2n) is 3.89. The van der Waals surface area contributed by atoms with Gasteiger partial charge in [0.05, 0.1) is 7.11 Å². The summed E-state index contributed by atoms with van der Waals surface area (Å²) >= 11 is 0. The fraction of sp³-hybridized carbons (Fsp3) is 0.462. The van der Waals surface area contributed by atoms with E-state index >= 15 is 0 Å². The van der Waals surface area contributed by atoms with E-state index in [2.05, 4.69) is 10.1 Å². The van der Waals surface area contributed by atoms with Crippen LogP contribution in [0.4, 0.5) is 4.39 Å². The Bertz CT molecular complexity index is 381. The van der Waals surface area contributed by atoms with Gasteiger partial charge in [-0.1, -0.05) is 25.1 Å². The Morgan fingerprint density at radius 2 is 2.12 bits per heavy atom. The Morgan fingerprint density at radius 3 is 2.65 bits per heavy atom. The van der Waals surface area contributed by atoms with Gasteiger partial charge >= 0.3 is 5.97 Å². The molecule has 3 nitrogen and oxygen atoms in total. The van der Waals surface area contributed by atoms with Crippen molar-refractivity contribution in [1.82, 2.24) is 5.32 Å². The summed E-state index contributed by atoms with van der Waals surface area (Å²) in [5.74, 6) is -0.595. The summed E-state index contributed by atoms with van der Waals surface area (Å²) in [6.45, 7) is 3.70. The van der Waals surface area contributed by atoms with E-state index in [1.54, 1.807) is 18.2 Å². The van der Waals surface area contributed by atoms with Crippen LogP contribution in [-0.2, 0) is 9.53 Å². The maximum Gasteiger partial charge on any atom is 0.322 e. The summed E-state index contributed by atoms with van der Waals surface area (Å²) in [7, 11) is 1.35. The molecule has 0 bridgehead atoms. The van der Waals surface area contributed by atoms with E-state index in [4.69, 9.17) is 0 Å². The highest BCUT2D eigenvalue weighted by Gasteiger charge is 2.20. The van der Waals surface area contributed by atoms with Crippen LogP contribution in [0.5, 0.6) is 0 Å². The van der Waals surface area contributed by atoms with Gasteiger partial charge in [0.25, 0.3) is 0 Å². The zero-order valence-corrected chi connectivity index (χ0v) is 10.4. The average molecular weight is 239 g/mol. The second-order valence-corrected chi connectivity index (χ2v) is 3.89. The van der Waals surface area contributed by atoms with Crippen LogP contribution in [0.25, 0.3) is 0 Å². The molecule has 0 amide bonds. The molecule has 0 radical (unpaired) electrons. The van der Waals surface area contributed by atoms with Crippen LogP contribution >= 0.6 is 0 Å². The Labute approximate surface area is 101 Å². The molecule has 17 heavy (non-hydrogen) atoms. The quantitative estimate of drug-likeness (QED) is 0.802. The van der Waals surface area contributed by atoms with Crippen molar-refractivity contribution < 1.29 is 13.9 Å². The van der Waals surface area contributed by atoms with Crippen LogP contribution in [0.2, 0.25) is 0 Å². The van der Waals surface area contributed by atoms with Crippen LogP contribution in [-0.4, -0.2) is 19.1 Å². The summed E-state index contributed by atoms with van der Waals surface area (Å²) in [6.07, 6.45) is 0.603. The zero-order valence-electron chi connectivity index (χ0n) is 10.4. The minimum atomic E-state index is -0.408. The van der Waals surface area contributed by atoms with Crippen molar-refractivity contribution in [2.24, 2.45) is 0 Å². The summed E-state index contributed by atoms with van der Waals surface area (Å²) in [5.41, 5.74) is 0.551. The monoisotopic (exact) mass is 239 g/mol. The normalized spacial score (nSPS) is 14.1. The number of carbonyl (C=O) groups is 1. The number of rotatable bonds is 5. The molecule has 0 spiro atoms. The molecular weight excluding hydrogens is 221 g/mol. The van der Waals surface area contributed by atoms with Crippen molar-refractivity contribution in [2.45, 2.75) is 32.4 Å².